The Morgan fingerprint density at radius 1 is 1.00 bits per heavy atom. The quantitative estimate of drug-likeness (QED) is 0.707. The van der Waals surface area contributed by atoms with Gasteiger partial charge in [-0.1, -0.05) is 59.3 Å². The molecule has 6 nitrogen and oxygen atoms in total. The van der Waals surface area contributed by atoms with Crippen LogP contribution in [0.4, 0.5) is 0 Å². The van der Waals surface area contributed by atoms with Crippen LogP contribution in [-0.4, -0.2) is 21.5 Å². The Labute approximate surface area is 136 Å². The first-order valence-corrected chi connectivity index (χ1v) is 7.52. The van der Waals surface area contributed by atoms with E-state index < -0.39 is 11.2 Å². The van der Waals surface area contributed by atoms with E-state index in [1.54, 1.807) is 0 Å². The highest BCUT2D eigenvalue weighted by Crippen LogP contribution is 2.34. The number of hydrogen-bond donors (Lipinski definition) is 2. The summed E-state index contributed by atoms with van der Waals surface area (Å²) >= 11 is 0. The summed E-state index contributed by atoms with van der Waals surface area (Å²) in [6, 6.07) is 17.9. The molecule has 0 radical (unpaired) electrons. The lowest BCUT2D eigenvalue weighted by atomic mass is 9.95. The molecule has 2 N–H and O–H groups in total. The summed E-state index contributed by atoms with van der Waals surface area (Å²) in [4.78, 5) is 26.0. The highest BCUT2D eigenvalue weighted by atomic mass is 16.5. The van der Waals surface area contributed by atoms with Crippen molar-refractivity contribution in [3.63, 3.8) is 0 Å². The molecule has 0 spiro atoms. The van der Waals surface area contributed by atoms with Crippen LogP contribution in [0.5, 0.6) is 5.75 Å². The first-order chi connectivity index (χ1) is 11.6. The molecule has 120 valence electrons. The Kier molecular flexibility index (Phi) is 3.23. The van der Waals surface area contributed by atoms with Gasteiger partial charge in [0.25, 0.3) is 0 Å². The molecule has 1 unspecified atom stereocenters. The molecule has 4 rings (SSSR count). The van der Waals surface area contributed by atoms with Gasteiger partial charge in [-0.25, -0.2) is 4.79 Å². The molecule has 3 aromatic rings. The van der Waals surface area contributed by atoms with Crippen LogP contribution in [0.2, 0.25) is 0 Å². The van der Waals surface area contributed by atoms with Crippen molar-refractivity contribution in [3.8, 4) is 16.9 Å². The van der Waals surface area contributed by atoms with Crippen LogP contribution in [0.25, 0.3) is 11.1 Å². The molecule has 0 saturated carbocycles. The average molecular weight is 322 g/mol. The van der Waals surface area contributed by atoms with E-state index in [9.17, 15) is 14.8 Å². The lowest BCUT2D eigenvalue weighted by Gasteiger charge is -2.10. The molecular weight excluding hydrogens is 308 g/mol. The van der Waals surface area contributed by atoms with E-state index in [2.05, 4.69) is 4.98 Å². The Hall–Kier alpha value is -3.28. The summed E-state index contributed by atoms with van der Waals surface area (Å²) in [6.45, 7) is 0.245. The molecular formula is C18H14N2O4. The Morgan fingerprint density at radius 3 is 2.38 bits per heavy atom. The van der Waals surface area contributed by atoms with E-state index in [1.807, 2.05) is 54.6 Å². The molecule has 0 fully saturated rings. The summed E-state index contributed by atoms with van der Waals surface area (Å²) in [5, 5.41) is 9.37. The number of H-pyrrole nitrogens is 1. The zero-order chi connectivity index (χ0) is 16.7. The van der Waals surface area contributed by atoms with E-state index in [0.717, 1.165) is 16.7 Å². The van der Waals surface area contributed by atoms with Crippen molar-refractivity contribution < 1.29 is 9.94 Å². The second-order valence-corrected chi connectivity index (χ2v) is 5.64. The number of rotatable bonds is 2. The van der Waals surface area contributed by atoms with Crippen LogP contribution in [0.3, 0.4) is 0 Å². The topological polar surface area (TPSA) is 84.3 Å². The number of nitrogens with one attached hydrogen (secondary N) is 1. The van der Waals surface area contributed by atoms with Crippen LogP contribution in [0.1, 0.15) is 17.2 Å². The minimum absolute atomic E-state index is 0.00534. The SMILES string of the molecule is O=c1[nH]c2c(c(=O)n1O)OCC2c1ccc(-c2ccccc2)cc1. The maximum atomic E-state index is 11.9. The second kappa shape index (κ2) is 5.42. The highest BCUT2D eigenvalue weighted by Gasteiger charge is 2.30. The number of aromatic nitrogens is 2. The third-order valence-electron chi connectivity index (χ3n) is 4.23. The normalized spacial score (nSPS) is 15.8. The second-order valence-electron chi connectivity index (χ2n) is 5.64. The van der Waals surface area contributed by atoms with E-state index in [0.29, 0.717) is 5.69 Å². The predicted molar refractivity (Wildman–Crippen MR) is 87.7 cm³/mol. The largest absolute Gasteiger partial charge is 0.485 e. The fraction of sp³-hybridized carbons (Fsp3) is 0.111. The van der Waals surface area contributed by atoms with Gasteiger partial charge >= 0.3 is 11.2 Å². The third-order valence-corrected chi connectivity index (χ3v) is 4.23. The third kappa shape index (κ3) is 2.20. The molecule has 2 heterocycles. The molecule has 0 aliphatic carbocycles. The van der Waals surface area contributed by atoms with E-state index in [-0.39, 0.29) is 23.0 Å². The lowest BCUT2D eigenvalue weighted by molar-refractivity contribution is 0.156. The van der Waals surface area contributed by atoms with Crippen LogP contribution < -0.4 is 16.0 Å². The minimum Gasteiger partial charge on any atom is -0.485 e. The van der Waals surface area contributed by atoms with E-state index >= 15 is 0 Å². The first kappa shape index (κ1) is 14.3. The van der Waals surface area contributed by atoms with Crippen molar-refractivity contribution in [3.05, 3.63) is 86.7 Å². The van der Waals surface area contributed by atoms with Gasteiger partial charge in [-0.3, -0.25) is 4.79 Å². The molecule has 6 heteroatoms. The number of nitrogens with zero attached hydrogens (tertiary/aromatic N) is 1. The molecule has 1 aliphatic heterocycles. The maximum absolute atomic E-state index is 11.9. The Morgan fingerprint density at radius 2 is 1.67 bits per heavy atom. The van der Waals surface area contributed by atoms with Crippen LogP contribution in [0, 0.1) is 0 Å². The van der Waals surface area contributed by atoms with Gasteiger partial charge in [-0.2, -0.15) is 0 Å². The van der Waals surface area contributed by atoms with Crippen molar-refractivity contribution in [1.29, 1.82) is 0 Å². The molecule has 1 atom stereocenters. The lowest BCUT2D eigenvalue weighted by Crippen LogP contribution is -2.34. The van der Waals surface area contributed by atoms with Gasteiger partial charge in [0.05, 0.1) is 11.6 Å². The summed E-state index contributed by atoms with van der Waals surface area (Å²) < 4.78 is 5.41. The Balaban J connectivity index is 1.73. The van der Waals surface area contributed by atoms with Crippen molar-refractivity contribution in [2.75, 3.05) is 6.61 Å². The van der Waals surface area contributed by atoms with Gasteiger partial charge in [-0.05, 0) is 16.7 Å². The fourth-order valence-corrected chi connectivity index (χ4v) is 2.96. The molecule has 0 amide bonds. The van der Waals surface area contributed by atoms with Gasteiger partial charge in [0.2, 0.25) is 5.75 Å². The summed E-state index contributed by atoms with van der Waals surface area (Å²) in [5.74, 6) is -0.249. The van der Waals surface area contributed by atoms with Gasteiger partial charge < -0.3 is 14.9 Å². The standard InChI is InChI=1S/C18H14N2O4/c21-17-16-15(19-18(22)20(17)23)14(10-24-16)13-8-6-12(7-9-13)11-4-2-1-3-5-11/h1-9,14,23H,10H2,(H,19,22). The monoisotopic (exact) mass is 322 g/mol. The van der Waals surface area contributed by atoms with Crippen molar-refractivity contribution in [2.24, 2.45) is 0 Å². The van der Waals surface area contributed by atoms with Crippen LogP contribution in [-0.2, 0) is 0 Å². The number of aromatic amines is 1. The summed E-state index contributed by atoms with van der Waals surface area (Å²) in [7, 11) is 0. The van der Waals surface area contributed by atoms with Crippen molar-refractivity contribution >= 4 is 0 Å². The number of ether oxygens (including phenoxy) is 1. The summed E-state index contributed by atoms with van der Waals surface area (Å²) in [5.41, 5.74) is 1.83. The zero-order valence-corrected chi connectivity index (χ0v) is 12.6. The van der Waals surface area contributed by atoms with Crippen LogP contribution >= 0.6 is 0 Å². The Bertz CT molecular complexity index is 1000. The van der Waals surface area contributed by atoms with Crippen LogP contribution in [0.15, 0.2) is 64.2 Å². The van der Waals surface area contributed by atoms with E-state index in [1.165, 1.54) is 0 Å². The molecule has 24 heavy (non-hydrogen) atoms. The first-order valence-electron chi connectivity index (χ1n) is 7.52. The summed E-state index contributed by atoms with van der Waals surface area (Å²) in [6.07, 6.45) is 0. The van der Waals surface area contributed by atoms with E-state index in [4.69, 9.17) is 4.74 Å². The van der Waals surface area contributed by atoms with Gasteiger partial charge in [0, 0.05) is 0 Å². The number of hydrogen-bond acceptors (Lipinski definition) is 4. The molecule has 0 saturated heterocycles. The molecule has 1 aliphatic rings. The minimum atomic E-state index is -0.866. The smallest absolute Gasteiger partial charge is 0.362 e. The number of fused-ring (bicyclic) bond motifs is 1. The van der Waals surface area contributed by atoms with Crippen molar-refractivity contribution in [2.45, 2.75) is 5.92 Å². The number of benzene rings is 2. The zero-order valence-electron chi connectivity index (χ0n) is 12.6. The molecule has 2 aromatic carbocycles. The van der Waals surface area contributed by atoms with Gasteiger partial charge in [-0.15, -0.1) is 0 Å². The molecule has 0 bridgehead atoms. The average Bonchev–Trinajstić information content (AvgIpc) is 3.04. The fourth-order valence-electron chi connectivity index (χ4n) is 2.96. The predicted octanol–water partition coefficient (Wildman–Crippen LogP) is 1.97. The van der Waals surface area contributed by atoms with Gasteiger partial charge in [0.1, 0.15) is 6.61 Å². The van der Waals surface area contributed by atoms with Gasteiger partial charge in [0.15, 0.2) is 0 Å². The van der Waals surface area contributed by atoms with Crippen molar-refractivity contribution in [1.82, 2.24) is 9.71 Å². The highest BCUT2D eigenvalue weighted by molar-refractivity contribution is 5.63. The maximum Gasteiger partial charge on any atom is 0.362 e. The molecule has 1 aromatic heterocycles.